The highest BCUT2D eigenvalue weighted by atomic mass is 32.2. The van der Waals surface area contributed by atoms with Crippen molar-refractivity contribution in [2.45, 2.75) is 18.0 Å². The first-order valence-electron chi connectivity index (χ1n) is 5.42. The van der Waals surface area contributed by atoms with E-state index in [9.17, 15) is 8.42 Å². The normalized spacial score (nSPS) is 11.6. The van der Waals surface area contributed by atoms with Crippen LogP contribution in [0.2, 0.25) is 0 Å². The lowest BCUT2D eigenvalue weighted by Crippen LogP contribution is -2.24. The zero-order valence-corrected chi connectivity index (χ0v) is 11.3. The van der Waals surface area contributed by atoms with Gasteiger partial charge in [-0.2, -0.15) is 11.3 Å². The largest absolute Gasteiger partial charge is 0.326 e. The number of sulfonamides is 1. The fourth-order valence-electron chi connectivity index (χ4n) is 1.58. The number of hydrogen-bond donors (Lipinski definition) is 2. The zero-order valence-electron chi connectivity index (χ0n) is 9.67. The van der Waals surface area contributed by atoms with E-state index in [0.29, 0.717) is 12.1 Å². The van der Waals surface area contributed by atoms with Gasteiger partial charge in [-0.05, 0) is 34.0 Å². The van der Waals surface area contributed by atoms with E-state index in [-0.39, 0.29) is 11.4 Å². The lowest BCUT2D eigenvalue weighted by atomic mass is 10.2. The van der Waals surface area contributed by atoms with Crippen LogP contribution in [0.15, 0.2) is 46.0 Å². The maximum Gasteiger partial charge on any atom is 0.241 e. The fraction of sp³-hybridized carbons (Fsp3) is 0.167. The number of nitrogens with one attached hydrogen (secondary N) is 1. The summed E-state index contributed by atoms with van der Waals surface area (Å²) in [6, 6.07) is 8.65. The van der Waals surface area contributed by atoms with Gasteiger partial charge in [-0.3, -0.25) is 0 Å². The average molecular weight is 282 g/mol. The van der Waals surface area contributed by atoms with Gasteiger partial charge in [0, 0.05) is 13.1 Å². The van der Waals surface area contributed by atoms with Crippen LogP contribution in [0.5, 0.6) is 0 Å². The first-order chi connectivity index (χ1) is 8.63. The van der Waals surface area contributed by atoms with E-state index in [4.69, 9.17) is 5.73 Å². The molecule has 3 N–H and O–H groups in total. The summed E-state index contributed by atoms with van der Waals surface area (Å²) in [5, 5.41) is 3.83. The maximum atomic E-state index is 12.1. The van der Waals surface area contributed by atoms with Gasteiger partial charge in [-0.1, -0.05) is 18.2 Å². The highest BCUT2D eigenvalue weighted by Gasteiger charge is 2.16. The Morgan fingerprint density at radius 1 is 1.22 bits per heavy atom. The fourth-order valence-corrected chi connectivity index (χ4v) is 3.52. The summed E-state index contributed by atoms with van der Waals surface area (Å²) in [6.45, 7) is 0.500. The Morgan fingerprint density at radius 3 is 2.67 bits per heavy atom. The minimum atomic E-state index is -3.50. The van der Waals surface area contributed by atoms with E-state index in [1.165, 1.54) is 11.3 Å². The molecule has 2 aromatic rings. The van der Waals surface area contributed by atoms with Crippen molar-refractivity contribution in [2.75, 3.05) is 0 Å². The summed E-state index contributed by atoms with van der Waals surface area (Å²) >= 11 is 1.54. The SMILES string of the molecule is NCc1ccccc1S(=O)(=O)NCc1ccsc1. The molecule has 1 aromatic carbocycles. The Morgan fingerprint density at radius 2 is 2.00 bits per heavy atom. The summed E-state index contributed by atoms with van der Waals surface area (Å²) in [4.78, 5) is 0.253. The monoisotopic (exact) mass is 282 g/mol. The summed E-state index contributed by atoms with van der Waals surface area (Å²) in [7, 11) is -3.50. The molecule has 0 fully saturated rings. The highest BCUT2D eigenvalue weighted by molar-refractivity contribution is 7.89. The first kappa shape index (κ1) is 13.2. The van der Waals surface area contributed by atoms with Crippen molar-refractivity contribution in [2.24, 2.45) is 5.73 Å². The van der Waals surface area contributed by atoms with Crippen molar-refractivity contribution in [1.29, 1.82) is 0 Å². The molecule has 0 aliphatic rings. The Kier molecular flexibility index (Phi) is 4.13. The lowest BCUT2D eigenvalue weighted by Gasteiger charge is -2.09. The number of hydrogen-bond acceptors (Lipinski definition) is 4. The van der Waals surface area contributed by atoms with Crippen LogP contribution in [0.25, 0.3) is 0 Å². The Bertz CT molecular complexity index is 607. The quantitative estimate of drug-likeness (QED) is 0.876. The van der Waals surface area contributed by atoms with Crippen LogP contribution in [0.3, 0.4) is 0 Å². The summed E-state index contributed by atoms with van der Waals surface area (Å²) in [6.07, 6.45) is 0. The van der Waals surface area contributed by atoms with Crippen LogP contribution in [-0.2, 0) is 23.1 Å². The van der Waals surface area contributed by atoms with Gasteiger partial charge in [0.25, 0.3) is 0 Å². The van der Waals surface area contributed by atoms with Crippen LogP contribution >= 0.6 is 11.3 Å². The van der Waals surface area contributed by atoms with Gasteiger partial charge in [-0.25, -0.2) is 13.1 Å². The molecular formula is C12H14N2O2S2. The molecular weight excluding hydrogens is 268 g/mol. The second kappa shape index (κ2) is 5.62. The molecule has 0 radical (unpaired) electrons. The van der Waals surface area contributed by atoms with Crippen molar-refractivity contribution in [1.82, 2.24) is 4.72 Å². The van der Waals surface area contributed by atoms with Crippen molar-refractivity contribution < 1.29 is 8.42 Å². The van der Waals surface area contributed by atoms with Crippen LogP contribution < -0.4 is 10.5 Å². The van der Waals surface area contributed by atoms with Crippen LogP contribution in [0.1, 0.15) is 11.1 Å². The molecule has 1 aromatic heterocycles. The van der Waals surface area contributed by atoms with Crippen molar-refractivity contribution in [3.05, 3.63) is 52.2 Å². The molecule has 96 valence electrons. The highest BCUT2D eigenvalue weighted by Crippen LogP contribution is 2.15. The molecule has 18 heavy (non-hydrogen) atoms. The van der Waals surface area contributed by atoms with E-state index in [1.807, 2.05) is 16.8 Å². The van der Waals surface area contributed by atoms with Gasteiger partial charge in [0.2, 0.25) is 10.0 Å². The molecule has 0 saturated carbocycles. The van der Waals surface area contributed by atoms with Gasteiger partial charge in [0.1, 0.15) is 0 Å². The third kappa shape index (κ3) is 2.97. The Hall–Kier alpha value is -1.21. The molecule has 0 amide bonds. The van der Waals surface area contributed by atoms with Gasteiger partial charge in [0.15, 0.2) is 0 Å². The predicted octanol–water partition coefficient (Wildman–Crippen LogP) is 1.69. The Labute approximate surface area is 111 Å². The molecule has 0 atom stereocenters. The molecule has 6 heteroatoms. The number of benzene rings is 1. The molecule has 0 saturated heterocycles. The van der Waals surface area contributed by atoms with Gasteiger partial charge < -0.3 is 5.73 Å². The van der Waals surface area contributed by atoms with E-state index in [0.717, 1.165) is 5.56 Å². The van der Waals surface area contributed by atoms with E-state index in [1.54, 1.807) is 24.3 Å². The third-order valence-electron chi connectivity index (χ3n) is 2.53. The van der Waals surface area contributed by atoms with E-state index >= 15 is 0 Å². The van der Waals surface area contributed by atoms with Crippen LogP contribution in [0.4, 0.5) is 0 Å². The smallest absolute Gasteiger partial charge is 0.241 e. The second-order valence-electron chi connectivity index (χ2n) is 3.77. The molecule has 2 rings (SSSR count). The van der Waals surface area contributed by atoms with E-state index < -0.39 is 10.0 Å². The minimum absolute atomic E-state index is 0.204. The minimum Gasteiger partial charge on any atom is -0.326 e. The van der Waals surface area contributed by atoms with Crippen LogP contribution in [-0.4, -0.2) is 8.42 Å². The second-order valence-corrected chi connectivity index (χ2v) is 6.28. The molecule has 4 nitrogen and oxygen atoms in total. The third-order valence-corrected chi connectivity index (χ3v) is 4.76. The number of nitrogens with two attached hydrogens (primary N) is 1. The average Bonchev–Trinajstić information content (AvgIpc) is 2.89. The topological polar surface area (TPSA) is 72.2 Å². The molecule has 0 unspecified atom stereocenters. The van der Waals surface area contributed by atoms with Gasteiger partial charge in [-0.15, -0.1) is 0 Å². The molecule has 0 aliphatic carbocycles. The van der Waals surface area contributed by atoms with Gasteiger partial charge in [0.05, 0.1) is 4.90 Å². The van der Waals surface area contributed by atoms with Crippen LogP contribution in [0, 0.1) is 0 Å². The molecule has 1 heterocycles. The van der Waals surface area contributed by atoms with Gasteiger partial charge >= 0.3 is 0 Å². The van der Waals surface area contributed by atoms with Crippen molar-refractivity contribution in [3.8, 4) is 0 Å². The molecule has 0 aliphatic heterocycles. The van der Waals surface area contributed by atoms with Crippen molar-refractivity contribution >= 4 is 21.4 Å². The zero-order chi connectivity index (χ0) is 13.0. The first-order valence-corrected chi connectivity index (χ1v) is 7.85. The Balaban J connectivity index is 2.20. The summed E-state index contributed by atoms with van der Waals surface area (Å²) in [5.41, 5.74) is 7.12. The number of rotatable bonds is 5. The summed E-state index contributed by atoms with van der Waals surface area (Å²) in [5.74, 6) is 0. The molecule has 0 spiro atoms. The van der Waals surface area contributed by atoms with Crippen molar-refractivity contribution in [3.63, 3.8) is 0 Å². The molecule has 0 bridgehead atoms. The maximum absolute atomic E-state index is 12.1. The summed E-state index contributed by atoms with van der Waals surface area (Å²) < 4.78 is 26.9. The van der Waals surface area contributed by atoms with E-state index in [2.05, 4.69) is 4.72 Å². The number of thiophene rings is 1. The standard InChI is InChI=1S/C12H14N2O2S2/c13-7-11-3-1-2-4-12(11)18(15,16)14-8-10-5-6-17-9-10/h1-6,9,14H,7-8,13H2. The predicted molar refractivity (Wildman–Crippen MR) is 72.7 cm³/mol. The lowest BCUT2D eigenvalue weighted by molar-refractivity contribution is 0.580.